The summed E-state index contributed by atoms with van der Waals surface area (Å²) in [6, 6.07) is 8.21. The highest BCUT2D eigenvalue weighted by Crippen LogP contribution is 2.25. The first-order valence-electron chi connectivity index (χ1n) is 5.92. The fourth-order valence-corrected chi connectivity index (χ4v) is 2.57. The Morgan fingerprint density at radius 3 is 2.72 bits per heavy atom. The molecule has 1 aromatic carbocycles. The number of aliphatic hydroxyl groups is 1. The number of imidazole rings is 1. The Bertz CT molecular complexity index is 529. The first kappa shape index (κ1) is 13.2. The van der Waals surface area contributed by atoms with Gasteiger partial charge < -0.3 is 5.11 Å². The molecule has 4 heteroatoms. The average Bonchev–Trinajstić information content (AvgIpc) is 2.74. The topological polar surface area (TPSA) is 38.0 Å². The van der Waals surface area contributed by atoms with Gasteiger partial charge in [-0.05, 0) is 32.4 Å². The summed E-state index contributed by atoms with van der Waals surface area (Å²) in [5.41, 5.74) is 1.65. The molecule has 96 valence electrons. The molecule has 0 radical (unpaired) electrons. The van der Waals surface area contributed by atoms with E-state index >= 15 is 0 Å². The Kier molecular flexibility index (Phi) is 3.78. The maximum absolute atomic E-state index is 9.77. The van der Waals surface area contributed by atoms with E-state index in [1.165, 1.54) is 5.56 Å². The molecule has 18 heavy (non-hydrogen) atoms. The average molecular weight is 262 g/mol. The van der Waals surface area contributed by atoms with E-state index in [9.17, 15) is 5.11 Å². The molecule has 0 saturated carbocycles. The van der Waals surface area contributed by atoms with E-state index in [1.54, 1.807) is 31.8 Å². The monoisotopic (exact) mass is 262 g/mol. The Labute approximate surface area is 112 Å². The quantitative estimate of drug-likeness (QED) is 0.861. The van der Waals surface area contributed by atoms with Gasteiger partial charge in [0.2, 0.25) is 0 Å². The third-order valence-electron chi connectivity index (χ3n) is 2.54. The van der Waals surface area contributed by atoms with Gasteiger partial charge in [0.1, 0.15) is 0 Å². The van der Waals surface area contributed by atoms with Crippen LogP contribution in [0.2, 0.25) is 0 Å². The van der Waals surface area contributed by atoms with Gasteiger partial charge in [0, 0.05) is 18.1 Å². The van der Waals surface area contributed by atoms with Crippen LogP contribution in [0.5, 0.6) is 0 Å². The molecule has 0 aliphatic rings. The fraction of sp³-hybridized carbons (Fsp3) is 0.357. The molecule has 1 N–H and O–H groups in total. The normalized spacial score (nSPS) is 11.8. The summed E-state index contributed by atoms with van der Waals surface area (Å²) in [7, 11) is 0. The zero-order valence-corrected chi connectivity index (χ0v) is 11.7. The van der Waals surface area contributed by atoms with Crippen LogP contribution in [0.25, 0.3) is 5.69 Å². The van der Waals surface area contributed by atoms with Crippen molar-refractivity contribution in [2.24, 2.45) is 0 Å². The summed E-state index contributed by atoms with van der Waals surface area (Å²) in [5.74, 6) is 0.621. The highest BCUT2D eigenvalue weighted by molar-refractivity contribution is 7.99. The molecule has 0 fully saturated rings. The van der Waals surface area contributed by atoms with Gasteiger partial charge in [-0.15, -0.1) is 0 Å². The second-order valence-corrected chi connectivity index (χ2v) is 5.91. The number of benzene rings is 1. The minimum Gasteiger partial charge on any atom is -0.390 e. The zero-order valence-electron chi connectivity index (χ0n) is 10.9. The number of rotatable bonds is 4. The van der Waals surface area contributed by atoms with E-state index in [0.29, 0.717) is 5.75 Å². The second kappa shape index (κ2) is 5.16. The molecular weight excluding hydrogens is 244 g/mol. The number of aromatic nitrogens is 2. The lowest BCUT2D eigenvalue weighted by molar-refractivity contribution is 0.107. The maximum atomic E-state index is 9.77. The van der Waals surface area contributed by atoms with Crippen LogP contribution < -0.4 is 0 Å². The molecule has 2 aromatic rings. The summed E-state index contributed by atoms with van der Waals surface area (Å²) < 4.78 is 2.06. The predicted octanol–water partition coefficient (Wildman–Crippen LogP) is 3.04. The van der Waals surface area contributed by atoms with Crippen LogP contribution in [-0.2, 0) is 0 Å². The fourth-order valence-electron chi connectivity index (χ4n) is 1.65. The molecule has 0 spiro atoms. The second-order valence-electron chi connectivity index (χ2n) is 4.97. The van der Waals surface area contributed by atoms with Crippen LogP contribution in [0, 0.1) is 6.92 Å². The van der Waals surface area contributed by atoms with Crippen LogP contribution in [0.15, 0.2) is 41.8 Å². The molecule has 2 rings (SSSR count). The van der Waals surface area contributed by atoms with Gasteiger partial charge in [0.25, 0.3) is 0 Å². The summed E-state index contributed by atoms with van der Waals surface area (Å²) in [6.45, 7) is 5.70. The zero-order chi connectivity index (χ0) is 13.2. The summed E-state index contributed by atoms with van der Waals surface area (Å²) in [5, 5.41) is 10.7. The molecule has 0 amide bonds. The van der Waals surface area contributed by atoms with Gasteiger partial charge in [-0.2, -0.15) is 0 Å². The summed E-state index contributed by atoms with van der Waals surface area (Å²) in [4.78, 5) is 4.35. The Morgan fingerprint density at radius 2 is 2.06 bits per heavy atom. The van der Waals surface area contributed by atoms with Crippen molar-refractivity contribution >= 4 is 11.8 Å². The molecule has 3 nitrogen and oxygen atoms in total. The van der Waals surface area contributed by atoms with E-state index in [-0.39, 0.29) is 0 Å². The third-order valence-corrected chi connectivity index (χ3v) is 3.95. The number of thioether (sulfide) groups is 1. The van der Waals surface area contributed by atoms with Crippen LogP contribution in [-0.4, -0.2) is 26.0 Å². The molecule has 0 atom stereocenters. The smallest absolute Gasteiger partial charge is 0.172 e. The van der Waals surface area contributed by atoms with E-state index in [4.69, 9.17) is 0 Å². The highest BCUT2D eigenvalue weighted by Gasteiger charge is 2.15. The van der Waals surface area contributed by atoms with Crippen molar-refractivity contribution in [3.05, 3.63) is 42.2 Å². The van der Waals surface area contributed by atoms with Gasteiger partial charge in [-0.3, -0.25) is 4.57 Å². The van der Waals surface area contributed by atoms with Crippen molar-refractivity contribution in [1.29, 1.82) is 0 Å². The SMILES string of the molecule is Cc1ccccc1-n1ccnc1SCC(C)(C)O. The van der Waals surface area contributed by atoms with Gasteiger partial charge in [0.05, 0.1) is 11.3 Å². The first-order valence-corrected chi connectivity index (χ1v) is 6.90. The number of hydrogen-bond donors (Lipinski definition) is 1. The lowest BCUT2D eigenvalue weighted by Gasteiger charge is -2.16. The first-order chi connectivity index (χ1) is 8.47. The van der Waals surface area contributed by atoms with E-state index in [1.807, 2.05) is 18.3 Å². The van der Waals surface area contributed by atoms with Crippen molar-refractivity contribution in [2.75, 3.05) is 5.75 Å². The molecular formula is C14H18N2OS. The molecule has 1 aromatic heterocycles. The van der Waals surface area contributed by atoms with Gasteiger partial charge in [-0.1, -0.05) is 30.0 Å². The maximum Gasteiger partial charge on any atom is 0.172 e. The van der Waals surface area contributed by atoms with Crippen LogP contribution >= 0.6 is 11.8 Å². The Balaban J connectivity index is 2.26. The summed E-state index contributed by atoms with van der Waals surface area (Å²) in [6.07, 6.45) is 3.74. The number of aryl methyl sites for hydroxylation is 1. The number of para-hydroxylation sites is 1. The number of nitrogens with zero attached hydrogens (tertiary/aromatic N) is 2. The van der Waals surface area contributed by atoms with Crippen molar-refractivity contribution < 1.29 is 5.11 Å². The van der Waals surface area contributed by atoms with E-state index in [0.717, 1.165) is 10.8 Å². The van der Waals surface area contributed by atoms with Crippen LogP contribution in [0.3, 0.4) is 0 Å². The molecule has 0 unspecified atom stereocenters. The molecule has 0 aliphatic heterocycles. The summed E-state index contributed by atoms with van der Waals surface area (Å²) >= 11 is 1.57. The molecule has 0 aliphatic carbocycles. The Morgan fingerprint density at radius 1 is 1.33 bits per heavy atom. The van der Waals surface area contributed by atoms with E-state index < -0.39 is 5.60 Å². The van der Waals surface area contributed by atoms with Gasteiger partial charge in [-0.25, -0.2) is 4.98 Å². The van der Waals surface area contributed by atoms with Crippen molar-refractivity contribution in [3.8, 4) is 5.69 Å². The van der Waals surface area contributed by atoms with Crippen molar-refractivity contribution in [2.45, 2.75) is 31.5 Å². The molecule has 0 bridgehead atoms. The van der Waals surface area contributed by atoms with E-state index in [2.05, 4.69) is 28.6 Å². The lowest BCUT2D eigenvalue weighted by atomic mass is 10.2. The van der Waals surface area contributed by atoms with Crippen molar-refractivity contribution in [1.82, 2.24) is 9.55 Å². The third kappa shape index (κ3) is 3.15. The number of hydrogen-bond acceptors (Lipinski definition) is 3. The minimum absolute atomic E-state index is 0.621. The standard InChI is InChI=1S/C14H18N2OS/c1-11-6-4-5-7-12(11)16-9-8-15-13(16)18-10-14(2,3)17/h4-9,17H,10H2,1-3H3. The van der Waals surface area contributed by atoms with Crippen LogP contribution in [0.4, 0.5) is 0 Å². The largest absolute Gasteiger partial charge is 0.390 e. The van der Waals surface area contributed by atoms with Crippen LogP contribution in [0.1, 0.15) is 19.4 Å². The van der Waals surface area contributed by atoms with Gasteiger partial charge >= 0.3 is 0 Å². The van der Waals surface area contributed by atoms with Gasteiger partial charge in [0.15, 0.2) is 5.16 Å². The lowest BCUT2D eigenvalue weighted by Crippen LogP contribution is -2.22. The molecule has 1 heterocycles. The highest BCUT2D eigenvalue weighted by atomic mass is 32.2. The Hall–Kier alpha value is -1.26. The van der Waals surface area contributed by atoms with Crippen molar-refractivity contribution in [3.63, 3.8) is 0 Å². The minimum atomic E-state index is -0.687. The predicted molar refractivity (Wildman–Crippen MR) is 75.3 cm³/mol. The molecule has 0 saturated heterocycles.